The molecular formula is C26H27FN4O2. The number of anilines is 1. The van der Waals surface area contributed by atoms with Crippen LogP contribution in [0.2, 0.25) is 0 Å². The molecule has 33 heavy (non-hydrogen) atoms. The SMILES string of the molecule is Cc1cc(C(=O)N[C@H](CN)Cc2cccc(F)c2)cc(-c2ccnc3c2N(C)CC(=O)C3)c1. The molecule has 1 aliphatic rings. The third-order valence-electron chi connectivity index (χ3n) is 5.80. The Kier molecular flexibility index (Phi) is 6.51. The Bertz CT molecular complexity index is 1210. The summed E-state index contributed by atoms with van der Waals surface area (Å²) in [5.74, 6) is -0.423. The number of hydrogen-bond acceptors (Lipinski definition) is 5. The molecule has 1 aliphatic heterocycles. The van der Waals surface area contributed by atoms with Gasteiger partial charge in [0.1, 0.15) is 5.82 Å². The number of nitrogens with zero attached hydrogens (tertiary/aromatic N) is 2. The highest BCUT2D eigenvalue weighted by molar-refractivity contribution is 5.98. The van der Waals surface area contributed by atoms with Gasteiger partial charge in [-0.05, 0) is 60.4 Å². The van der Waals surface area contributed by atoms with Gasteiger partial charge in [-0.25, -0.2) is 4.39 Å². The Balaban J connectivity index is 1.61. The lowest BCUT2D eigenvalue weighted by Crippen LogP contribution is -2.41. The highest BCUT2D eigenvalue weighted by atomic mass is 19.1. The first-order valence-electron chi connectivity index (χ1n) is 10.9. The zero-order valence-electron chi connectivity index (χ0n) is 18.8. The lowest BCUT2D eigenvalue weighted by Gasteiger charge is -2.28. The number of carbonyl (C=O) groups excluding carboxylic acids is 2. The van der Waals surface area contributed by atoms with Crippen molar-refractivity contribution in [2.75, 3.05) is 25.0 Å². The van der Waals surface area contributed by atoms with Gasteiger partial charge in [-0.2, -0.15) is 0 Å². The first kappa shape index (κ1) is 22.6. The Morgan fingerprint density at radius 3 is 2.82 bits per heavy atom. The van der Waals surface area contributed by atoms with Crippen molar-refractivity contribution in [1.82, 2.24) is 10.3 Å². The smallest absolute Gasteiger partial charge is 0.251 e. The largest absolute Gasteiger partial charge is 0.365 e. The van der Waals surface area contributed by atoms with Crippen LogP contribution in [0.25, 0.3) is 11.1 Å². The molecule has 2 aromatic carbocycles. The Hall–Kier alpha value is -3.58. The van der Waals surface area contributed by atoms with Crippen molar-refractivity contribution < 1.29 is 14.0 Å². The first-order chi connectivity index (χ1) is 15.8. The number of Topliss-reactive ketones (excluding diaryl/α,β-unsaturated/α-hetero) is 1. The third kappa shape index (κ3) is 5.09. The monoisotopic (exact) mass is 446 g/mol. The number of rotatable bonds is 6. The minimum absolute atomic E-state index is 0.130. The second kappa shape index (κ2) is 9.50. The number of hydrogen-bond donors (Lipinski definition) is 2. The summed E-state index contributed by atoms with van der Waals surface area (Å²) in [6, 6.07) is 13.6. The molecule has 0 radical (unpaired) electrons. The maximum atomic E-state index is 13.5. The normalized spacial score (nSPS) is 14.1. The van der Waals surface area contributed by atoms with Gasteiger partial charge in [-0.1, -0.05) is 18.2 Å². The lowest BCUT2D eigenvalue weighted by molar-refractivity contribution is -0.117. The molecule has 0 bridgehead atoms. The van der Waals surface area contributed by atoms with Crippen molar-refractivity contribution >= 4 is 17.4 Å². The fraction of sp³-hybridized carbons (Fsp3) is 0.269. The van der Waals surface area contributed by atoms with Crippen LogP contribution in [0.5, 0.6) is 0 Å². The molecular weight excluding hydrogens is 419 g/mol. The molecule has 3 aromatic rings. The van der Waals surface area contributed by atoms with E-state index in [4.69, 9.17) is 5.73 Å². The van der Waals surface area contributed by atoms with E-state index in [0.717, 1.165) is 33.6 Å². The van der Waals surface area contributed by atoms with Crippen LogP contribution in [0.15, 0.2) is 54.7 Å². The molecule has 6 nitrogen and oxygen atoms in total. The molecule has 3 N–H and O–H groups in total. The number of pyridine rings is 1. The van der Waals surface area contributed by atoms with Gasteiger partial charge in [-0.15, -0.1) is 0 Å². The van der Waals surface area contributed by atoms with Crippen molar-refractivity contribution in [3.63, 3.8) is 0 Å². The Morgan fingerprint density at radius 1 is 1.24 bits per heavy atom. The van der Waals surface area contributed by atoms with E-state index in [1.54, 1.807) is 12.3 Å². The molecule has 170 valence electrons. The summed E-state index contributed by atoms with van der Waals surface area (Å²) in [7, 11) is 1.88. The van der Waals surface area contributed by atoms with Gasteiger partial charge in [0.05, 0.1) is 24.3 Å². The number of benzene rings is 2. The summed E-state index contributed by atoms with van der Waals surface area (Å²) in [4.78, 5) is 31.4. The van der Waals surface area contributed by atoms with Gasteiger partial charge in [0.15, 0.2) is 5.78 Å². The zero-order chi connectivity index (χ0) is 23.5. The number of fused-ring (bicyclic) bond motifs is 1. The quantitative estimate of drug-likeness (QED) is 0.608. The lowest BCUT2D eigenvalue weighted by atomic mass is 9.95. The number of ketones is 1. The molecule has 0 saturated heterocycles. The fourth-order valence-corrected chi connectivity index (χ4v) is 4.35. The van der Waals surface area contributed by atoms with Crippen LogP contribution < -0.4 is 16.0 Å². The van der Waals surface area contributed by atoms with E-state index in [0.29, 0.717) is 24.9 Å². The second-order valence-corrected chi connectivity index (χ2v) is 8.55. The zero-order valence-corrected chi connectivity index (χ0v) is 18.8. The van der Waals surface area contributed by atoms with Crippen LogP contribution >= 0.6 is 0 Å². The van der Waals surface area contributed by atoms with Crippen LogP contribution in [-0.2, 0) is 17.6 Å². The summed E-state index contributed by atoms with van der Waals surface area (Å²) in [5.41, 5.74) is 11.6. The first-order valence-corrected chi connectivity index (χ1v) is 10.9. The molecule has 1 aromatic heterocycles. The van der Waals surface area contributed by atoms with E-state index in [2.05, 4.69) is 10.3 Å². The second-order valence-electron chi connectivity index (χ2n) is 8.55. The summed E-state index contributed by atoms with van der Waals surface area (Å²) in [6.07, 6.45) is 2.45. The van der Waals surface area contributed by atoms with Gasteiger partial charge < -0.3 is 16.0 Å². The van der Waals surface area contributed by atoms with E-state index in [1.165, 1.54) is 12.1 Å². The molecule has 0 unspecified atom stereocenters. The number of aryl methyl sites for hydroxylation is 1. The molecule has 0 saturated carbocycles. The number of likely N-dealkylation sites (N-methyl/N-ethyl adjacent to an activating group) is 1. The predicted octanol–water partition coefficient (Wildman–Crippen LogP) is 3.06. The Labute approximate surface area is 192 Å². The fourth-order valence-electron chi connectivity index (χ4n) is 4.35. The average Bonchev–Trinajstić information content (AvgIpc) is 2.77. The highest BCUT2D eigenvalue weighted by Crippen LogP contribution is 2.35. The van der Waals surface area contributed by atoms with Gasteiger partial charge in [0.25, 0.3) is 5.91 Å². The van der Waals surface area contributed by atoms with Crippen molar-refractivity contribution in [2.24, 2.45) is 5.73 Å². The molecule has 0 fully saturated rings. The summed E-state index contributed by atoms with van der Waals surface area (Å²) >= 11 is 0. The molecule has 4 rings (SSSR count). The number of nitrogens with two attached hydrogens (primary N) is 1. The van der Waals surface area contributed by atoms with Crippen molar-refractivity contribution in [2.45, 2.75) is 25.8 Å². The molecule has 0 aliphatic carbocycles. The number of aromatic nitrogens is 1. The minimum Gasteiger partial charge on any atom is -0.365 e. The van der Waals surface area contributed by atoms with E-state index >= 15 is 0 Å². The van der Waals surface area contributed by atoms with E-state index < -0.39 is 0 Å². The number of halogens is 1. The molecule has 0 spiro atoms. The number of amides is 1. The maximum absolute atomic E-state index is 13.5. The van der Waals surface area contributed by atoms with Crippen molar-refractivity contribution in [3.8, 4) is 11.1 Å². The molecule has 2 heterocycles. The standard InChI is InChI=1S/C26H27FN4O2/c1-16-8-18(23-6-7-29-24-13-22(32)15-31(2)25(23)24)12-19(9-16)26(33)30-21(14-28)11-17-4-3-5-20(27)10-17/h3-10,12,21H,11,13-15,28H2,1-2H3,(H,30,33)/t21-/m0/s1. The van der Waals surface area contributed by atoms with Gasteiger partial charge in [0, 0.05) is 37.0 Å². The average molecular weight is 447 g/mol. The Morgan fingerprint density at radius 2 is 2.06 bits per heavy atom. The maximum Gasteiger partial charge on any atom is 0.251 e. The molecule has 1 atom stereocenters. The predicted molar refractivity (Wildman–Crippen MR) is 127 cm³/mol. The highest BCUT2D eigenvalue weighted by Gasteiger charge is 2.24. The topological polar surface area (TPSA) is 88.3 Å². The van der Waals surface area contributed by atoms with Crippen molar-refractivity contribution in [3.05, 3.63) is 82.9 Å². The summed E-state index contributed by atoms with van der Waals surface area (Å²) in [5, 5.41) is 2.98. The summed E-state index contributed by atoms with van der Waals surface area (Å²) < 4.78 is 13.5. The molecule has 1 amide bonds. The van der Waals surface area contributed by atoms with Crippen LogP contribution in [-0.4, -0.2) is 42.9 Å². The van der Waals surface area contributed by atoms with Crippen LogP contribution in [0.4, 0.5) is 10.1 Å². The van der Waals surface area contributed by atoms with Gasteiger partial charge in [0.2, 0.25) is 0 Å². The van der Waals surface area contributed by atoms with E-state index in [9.17, 15) is 14.0 Å². The van der Waals surface area contributed by atoms with Crippen molar-refractivity contribution in [1.29, 1.82) is 0 Å². The van der Waals surface area contributed by atoms with Gasteiger partial charge >= 0.3 is 0 Å². The van der Waals surface area contributed by atoms with Crippen LogP contribution in [0, 0.1) is 12.7 Å². The van der Waals surface area contributed by atoms with E-state index in [1.807, 2.05) is 49.2 Å². The van der Waals surface area contributed by atoms with Crippen LogP contribution in [0.1, 0.15) is 27.2 Å². The minimum atomic E-state index is -0.325. The number of nitrogens with one attached hydrogen (secondary N) is 1. The van der Waals surface area contributed by atoms with Gasteiger partial charge in [-0.3, -0.25) is 14.6 Å². The third-order valence-corrected chi connectivity index (χ3v) is 5.80. The summed E-state index contributed by atoms with van der Waals surface area (Å²) in [6.45, 7) is 2.51. The molecule has 7 heteroatoms. The van der Waals surface area contributed by atoms with Crippen LogP contribution in [0.3, 0.4) is 0 Å². The number of carbonyl (C=O) groups is 2. The van der Waals surface area contributed by atoms with E-state index in [-0.39, 0.29) is 30.1 Å².